The zero-order valence-electron chi connectivity index (χ0n) is 19.1. The summed E-state index contributed by atoms with van der Waals surface area (Å²) in [5.74, 6) is 0.786. The molecule has 174 valence electrons. The first-order chi connectivity index (χ1) is 15.9. The lowest BCUT2D eigenvalue weighted by molar-refractivity contribution is -0.129. The number of amides is 2. The second-order valence-corrected chi connectivity index (χ2v) is 7.49. The summed E-state index contributed by atoms with van der Waals surface area (Å²) in [6, 6.07) is 14.8. The summed E-state index contributed by atoms with van der Waals surface area (Å²) >= 11 is 0. The molecule has 0 aliphatic rings. The molecule has 2 aromatic carbocycles. The third kappa shape index (κ3) is 7.27. The number of para-hydroxylation sites is 1. The van der Waals surface area contributed by atoms with Crippen LogP contribution in [0.3, 0.4) is 0 Å². The van der Waals surface area contributed by atoms with Crippen LogP contribution in [0.4, 0.5) is 11.4 Å². The third-order valence-corrected chi connectivity index (χ3v) is 4.65. The number of ether oxygens (including phenoxy) is 2. The number of likely N-dealkylation sites (N-methyl/N-ethyl adjacent to an activating group) is 1. The summed E-state index contributed by atoms with van der Waals surface area (Å²) in [5.41, 5.74) is 2.49. The number of carbonyl (C=O) groups is 2. The summed E-state index contributed by atoms with van der Waals surface area (Å²) in [6.45, 7) is 2.95. The topological polar surface area (TPSA) is 97.7 Å². The van der Waals surface area contributed by atoms with Crippen LogP contribution in [-0.2, 0) is 22.7 Å². The summed E-state index contributed by atoms with van der Waals surface area (Å²) in [7, 11) is 3.42. The molecular weight excluding hydrogens is 422 g/mol. The molecule has 33 heavy (non-hydrogen) atoms. The van der Waals surface area contributed by atoms with Gasteiger partial charge in [0.15, 0.2) is 18.1 Å². The predicted octanol–water partition coefficient (Wildman–Crippen LogP) is 3.00. The van der Waals surface area contributed by atoms with E-state index >= 15 is 0 Å². The highest BCUT2D eigenvalue weighted by Gasteiger charge is 2.11. The maximum absolute atomic E-state index is 12.2. The van der Waals surface area contributed by atoms with Crippen molar-refractivity contribution in [3.8, 4) is 11.5 Å². The van der Waals surface area contributed by atoms with E-state index in [1.54, 1.807) is 37.2 Å². The Kier molecular flexibility index (Phi) is 8.29. The summed E-state index contributed by atoms with van der Waals surface area (Å²) in [6.07, 6.45) is 3.46. The van der Waals surface area contributed by atoms with Gasteiger partial charge in [0.1, 0.15) is 6.54 Å². The Labute approximate surface area is 193 Å². The SMILES string of the molecule is CCOc1cc(CNc2cnn(CC(=O)N(C)C)c2)ccc1OCC(=O)Nc1ccccc1. The molecule has 0 unspecified atom stereocenters. The van der Waals surface area contributed by atoms with Crippen LogP contribution in [0.25, 0.3) is 0 Å². The van der Waals surface area contributed by atoms with Gasteiger partial charge in [0, 0.05) is 32.5 Å². The molecule has 3 rings (SSSR count). The summed E-state index contributed by atoms with van der Waals surface area (Å²) < 4.78 is 13.0. The molecule has 1 heterocycles. The minimum absolute atomic E-state index is 0.0287. The number of rotatable bonds is 11. The second kappa shape index (κ2) is 11.6. The lowest BCUT2D eigenvalue weighted by Gasteiger charge is -2.14. The van der Waals surface area contributed by atoms with Gasteiger partial charge >= 0.3 is 0 Å². The fraction of sp³-hybridized carbons (Fsp3) is 0.292. The predicted molar refractivity (Wildman–Crippen MR) is 126 cm³/mol. The summed E-state index contributed by atoms with van der Waals surface area (Å²) in [4.78, 5) is 25.5. The highest BCUT2D eigenvalue weighted by atomic mass is 16.5. The van der Waals surface area contributed by atoms with Crippen molar-refractivity contribution >= 4 is 23.2 Å². The van der Waals surface area contributed by atoms with Gasteiger partial charge in [-0.25, -0.2) is 0 Å². The molecular formula is C24H29N5O4. The van der Waals surface area contributed by atoms with E-state index in [2.05, 4.69) is 15.7 Å². The first-order valence-electron chi connectivity index (χ1n) is 10.6. The largest absolute Gasteiger partial charge is 0.490 e. The van der Waals surface area contributed by atoms with Crippen molar-refractivity contribution < 1.29 is 19.1 Å². The van der Waals surface area contributed by atoms with Gasteiger partial charge in [0.05, 0.1) is 18.5 Å². The van der Waals surface area contributed by atoms with Crippen LogP contribution in [-0.4, -0.2) is 53.8 Å². The van der Waals surface area contributed by atoms with Crippen LogP contribution < -0.4 is 20.1 Å². The molecule has 0 radical (unpaired) electrons. The average molecular weight is 452 g/mol. The summed E-state index contributed by atoms with van der Waals surface area (Å²) in [5, 5.41) is 10.3. The molecule has 1 aromatic heterocycles. The Balaban J connectivity index is 1.56. The van der Waals surface area contributed by atoms with Crippen molar-refractivity contribution in [2.24, 2.45) is 0 Å². The molecule has 3 aromatic rings. The fourth-order valence-corrected chi connectivity index (χ4v) is 2.94. The number of carbonyl (C=O) groups excluding carboxylic acids is 2. The molecule has 9 nitrogen and oxygen atoms in total. The zero-order chi connectivity index (χ0) is 23.6. The van der Waals surface area contributed by atoms with Gasteiger partial charge in [-0.15, -0.1) is 0 Å². The Morgan fingerprint density at radius 2 is 1.82 bits per heavy atom. The van der Waals surface area contributed by atoms with Gasteiger partial charge in [-0.2, -0.15) is 5.10 Å². The van der Waals surface area contributed by atoms with Crippen molar-refractivity contribution in [1.82, 2.24) is 14.7 Å². The van der Waals surface area contributed by atoms with E-state index in [-0.39, 0.29) is 25.0 Å². The molecule has 0 spiro atoms. The van der Waals surface area contributed by atoms with E-state index in [4.69, 9.17) is 9.47 Å². The van der Waals surface area contributed by atoms with E-state index in [9.17, 15) is 9.59 Å². The maximum Gasteiger partial charge on any atom is 0.262 e. The van der Waals surface area contributed by atoms with E-state index in [0.717, 1.165) is 11.3 Å². The molecule has 0 fully saturated rings. The van der Waals surface area contributed by atoms with E-state index in [1.807, 2.05) is 49.4 Å². The fourth-order valence-electron chi connectivity index (χ4n) is 2.94. The number of benzene rings is 2. The maximum atomic E-state index is 12.2. The molecule has 2 N–H and O–H groups in total. The lowest BCUT2D eigenvalue weighted by Crippen LogP contribution is -2.26. The van der Waals surface area contributed by atoms with Crippen LogP contribution in [0, 0.1) is 0 Å². The van der Waals surface area contributed by atoms with Crippen LogP contribution in [0.15, 0.2) is 60.9 Å². The van der Waals surface area contributed by atoms with E-state index < -0.39 is 0 Å². The molecule has 0 aliphatic heterocycles. The van der Waals surface area contributed by atoms with E-state index in [1.165, 1.54) is 4.90 Å². The van der Waals surface area contributed by atoms with Gasteiger partial charge in [-0.3, -0.25) is 14.3 Å². The number of hydrogen-bond acceptors (Lipinski definition) is 6. The zero-order valence-corrected chi connectivity index (χ0v) is 19.1. The van der Waals surface area contributed by atoms with Crippen molar-refractivity contribution in [1.29, 1.82) is 0 Å². The first kappa shape index (κ1) is 23.6. The minimum atomic E-state index is -0.251. The highest BCUT2D eigenvalue weighted by molar-refractivity contribution is 5.91. The smallest absolute Gasteiger partial charge is 0.262 e. The molecule has 0 saturated carbocycles. The molecule has 0 atom stereocenters. The Hall–Kier alpha value is -4.01. The van der Waals surface area contributed by atoms with Crippen LogP contribution >= 0.6 is 0 Å². The van der Waals surface area contributed by atoms with Gasteiger partial charge in [0.25, 0.3) is 5.91 Å². The molecule has 2 amide bonds. The standard InChI is InChI=1S/C24H29N5O4/c1-4-32-22-12-18(13-25-20-14-26-29(15-20)16-24(31)28(2)3)10-11-21(22)33-17-23(30)27-19-8-6-5-7-9-19/h5-12,14-15,25H,4,13,16-17H2,1-3H3,(H,27,30). The normalized spacial score (nSPS) is 10.4. The van der Waals surface area contributed by atoms with Crippen molar-refractivity contribution in [2.75, 3.05) is 37.9 Å². The van der Waals surface area contributed by atoms with E-state index in [0.29, 0.717) is 30.3 Å². The monoisotopic (exact) mass is 451 g/mol. The van der Waals surface area contributed by atoms with Gasteiger partial charge in [-0.1, -0.05) is 24.3 Å². The lowest BCUT2D eigenvalue weighted by atomic mass is 10.2. The number of nitrogens with zero attached hydrogens (tertiary/aromatic N) is 3. The van der Waals surface area contributed by atoms with Gasteiger partial charge in [-0.05, 0) is 36.8 Å². The van der Waals surface area contributed by atoms with Crippen molar-refractivity contribution in [3.05, 3.63) is 66.5 Å². The average Bonchev–Trinajstić information content (AvgIpc) is 3.25. The highest BCUT2D eigenvalue weighted by Crippen LogP contribution is 2.29. The molecule has 0 aliphatic carbocycles. The Morgan fingerprint density at radius 1 is 1.03 bits per heavy atom. The quantitative estimate of drug-likeness (QED) is 0.465. The minimum Gasteiger partial charge on any atom is -0.490 e. The molecule has 0 bridgehead atoms. The number of hydrogen-bond donors (Lipinski definition) is 2. The molecule has 9 heteroatoms. The van der Waals surface area contributed by atoms with Crippen LogP contribution in [0.2, 0.25) is 0 Å². The van der Waals surface area contributed by atoms with Gasteiger partial charge in [0.2, 0.25) is 5.91 Å². The van der Waals surface area contributed by atoms with Crippen LogP contribution in [0.1, 0.15) is 12.5 Å². The van der Waals surface area contributed by atoms with Crippen molar-refractivity contribution in [3.63, 3.8) is 0 Å². The number of nitrogens with one attached hydrogen (secondary N) is 2. The Morgan fingerprint density at radius 3 is 2.55 bits per heavy atom. The number of anilines is 2. The molecule has 0 saturated heterocycles. The van der Waals surface area contributed by atoms with Gasteiger partial charge < -0.3 is 25.0 Å². The van der Waals surface area contributed by atoms with Crippen molar-refractivity contribution in [2.45, 2.75) is 20.0 Å². The third-order valence-electron chi connectivity index (χ3n) is 4.65. The second-order valence-electron chi connectivity index (χ2n) is 7.49. The van der Waals surface area contributed by atoms with Crippen LogP contribution in [0.5, 0.6) is 11.5 Å². The number of aromatic nitrogens is 2. The Bertz CT molecular complexity index is 1070. The first-order valence-corrected chi connectivity index (χ1v) is 10.6.